The summed E-state index contributed by atoms with van der Waals surface area (Å²) in [6, 6.07) is 3.27. The molecular formula is C26H36ClFN8O3. The molecule has 2 fully saturated rings. The molecule has 0 spiro atoms. The minimum atomic E-state index is -0.543. The number of nitrogens with two attached hydrogens (primary N) is 2. The molecule has 2 saturated heterocycles. The maximum atomic E-state index is 14.1. The Labute approximate surface area is 232 Å². The van der Waals surface area contributed by atoms with Gasteiger partial charge >= 0.3 is 0 Å². The van der Waals surface area contributed by atoms with Crippen LogP contribution in [0.5, 0.6) is 0 Å². The smallest absolute Gasteiger partial charge is 0.273 e. The predicted octanol–water partition coefficient (Wildman–Crippen LogP) is 1.67. The number of hydrogen-bond donors (Lipinski definition) is 4. The first-order valence-electron chi connectivity index (χ1n) is 13.2. The summed E-state index contributed by atoms with van der Waals surface area (Å²) in [6.45, 7) is 6.85. The predicted molar refractivity (Wildman–Crippen MR) is 148 cm³/mol. The van der Waals surface area contributed by atoms with Gasteiger partial charge in [-0.3, -0.25) is 14.5 Å². The van der Waals surface area contributed by atoms with Gasteiger partial charge in [0.1, 0.15) is 5.82 Å². The molecule has 0 radical (unpaired) electrons. The highest BCUT2D eigenvalue weighted by Gasteiger charge is 2.35. The lowest BCUT2D eigenvalue weighted by Gasteiger charge is -2.47. The van der Waals surface area contributed by atoms with E-state index in [0.29, 0.717) is 49.3 Å². The number of amides is 2. The van der Waals surface area contributed by atoms with Gasteiger partial charge in [-0.2, -0.15) is 0 Å². The van der Waals surface area contributed by atoms with Crippen molar-refractivity contribution in [2.45, 2.75) is 45.2 Å². The van der Waals surface area contributed by atoms with E-state index in [2.05, 4.69) is 27.1 Å². The van der Waals surface area contributed by atoms with Crippen molar-refractivity contribution in [1.82, 2.24) is 25.1 Å². The van der Waals surface area contributed by atoms with Crippen LogP contribution in [0.3, 0.4) is 0 Å². The number of nitrogen functional groups attached to an aromatic ring is 2. The number of carbonyl (C=O) groups excluding carboxylic acids is 2. The molecular weight excluding hydrogens is 527 g/mol. The summed E-state index contributed by atoms with van der Waals surface area (Å²) < 4.78 is 14.1. The summed E-state index contributed by atoms with van der Waals surface area (Å²) in [5, 5.41) is 11.5. The van der Waals surface area contributed by atoms with E-state index < -0.39 is 11.7 Å². The van der Waals surface area contributed by atoms with Gasteiger partial charge in [0.05, 0.1) is 12.2 Å². The van der Waals surface area contributed by atoms with Crippen LogP contribution >= 0.6 is 11.6 Å². The number of nitrogens with one attached hydrogen (secondary N) is 1. The van der Waals surface area contributed by atoms with Crippen molar-refractivity contribution < 1.29 is 19.1 Å². The Morgan fingerprint density at radius 2 is 1.90 bits per heavy atom. The van der Waals surface area contributed by atoms with E-state index in [4.69, 9.17) is 28.2 Å². The van der Waals surface area contributed by atoms with Crippen LogP contribution in [0.15, 0.2) is 12.1 Å². The Morgan fingerprint density at radius 3 is 2.56 bits per heavy atom. The van der Waals surface area contributed by atoms with Crippen molar-refractivity contribution in [3.05, 3.63) is 39.9 Å². The van der Waals surface area contributed by atoms with Gasteiger partial charge in [0, 0.05) is 57.0 Å². The number of anilines is 3. The standard InChI is InChI=1S/C26H36ClFN8O3/c1-3-16-14-35(24-22(27)32-21(23(30)33-24)25(38)31-6-11-37)9-10-36(16)17-4-7-34(8-5-17)26(39)18-13-19(28)15(2)12-20(18)29/h12-13,16-17,37H,3-11,14,29H2,1-2H3,(H2,30,33)(H,31,38)/t16-/m0/s1. The molecule has 2 aromatic rings. The number of rotatable bonds is 7. The molecule has 6 N–H and O–H groups in total. The van der Waals surface area contributed by atoms with Gasteiger partial charge in [0.15, 0.2) is 22.5 Å². The first-order chi connectivity index (χ1) is 18.6. The molecule has 13 heteroatoms. The topological polar surface area (TPSA) is 154 Å². The fourth-order valence-electron chi connectivity index (χ4n) is 5.41. The minimum absolute atomic E-state index is 0.0218. The number of aliphatic hydroxyl groups excluding tert-OH is 1. The largest absolute Gasteiger partial charge is 0.398 e. The third-order valence-corrected chi connectivity index (χ3v) is 7.81. The Bertz CT molecular complexity index is 1220. The second-order valence-corrected chi connectivity index (χ2v) is 10.4. The van der Waals surface area contributed by atoms with E-state index in [0.717, 1.165) is 25.8 Å². The fourth-order valence-corrected chi connectivity index (χ4v) is 5.65. The highest BCUT2D eigenvalue weighted by Crippen LogP contribution is 2.30. The zero-order valence-corrected chi connectivity index (χ0v) is 23.0. The Kier molecular flexibility index (Phi) is 9.08. The zero-order valence-electron chi connectivity index (χ0n) is 22.3. The maximum Gasteiger partial charge on any atom is 0.273 e. The summed E-state index contributed by atoms with van der Waals surface area (Å²) in [5.41, 5.74) is 12.9. The molecule has 11 nitrogen and oxygen atoms in total. The van der Waals surface area contributed by atoms with E-state index >= 15 is 0 Å². The molecule has 3 heterocycles. The molecule has 1 aromatic heterocycles. The number of benzene rings is 1. The van der Waals surface area contributed by atoms with Gasteiger partial charge in [-0.25, -0.2) is 14.4 Å². The van der Waals surface area contributed by atoms with Gasteiger partial charge in [-0.15, -0.1) is 0 Å². The lowest BCUT2D eigenvalue weighted by Crippen LogP contribution is -2.58. The monoisotopic (exact) mass is 562 g/mol. The Morgan fingerprint density at radius 1 is 1.18 bits per heavy atom. The number of halogens is 2. The molecule has 39 heavy (non-hydrogen) atoms. The number of piperazine rings is 1. The fraction of sp³-hybridized carbons (Fsp3) is 0.538. The molecule has 2 aliphatic rings. The van der Waals surface area contributed by atoms with Crippen molar-refractivity contribution in [2.75, 3.05) is 62.2 Å². The van der Waals surface area contributed by atoms with Gasteiger partial charge in [-0.05, 0) is 43.9 Å². The molecule has 212 valence electrons. The normalized spacial score (nSPS) is 18.8. The molecule has 1 atom stereocenters. The first kappa shape index (κ1) is 28.8. The van der Waals surface area contributed by atoms with Crippen LogP contribution in [0.1, 0.15) is 52.6 Å². The number of aryl methyl sites for hydroxylation is 1. The molecule has 4 rings (SSSR count). The number of hydrogen-bond acceptors (Lipinski definition) is 9. The van der Waals surface area contributed by atoms with E-state index in [-0.39, 0.29) is 47.3 Å². The minimum Gasteiger partial charge on any atom is -0.398 e. The van der Waals surface area contributed by atoms with Crippen molar-refractivity contribution in [1.29, 1.82) is 0 Å². The molecule has 0 unspecified atom stereocenters. The third-order valence-electron chi connectivity index (χ3n) is 7.56. The number of nitrogens with zero attached hydrogens (tertiary/aromatic N) is 5. The van der Waals surface area contributed by atoms with Crippen LogP contribution in [0.4, 0.5) is 21.7 Å². The number of aromatic nitrogens is 2. The molecule has 1 aromatic carbocycles. The van der Waals surface area contributed by atoms with Gasteiger partial charge < -0.3 is 31.7 Å². The Balaban J connectivity index is 1.39. The van der Waals surface area contributed by atoms with Crippen LogP contribution < -0.4 is 21.7 Å². The average Bonchev–Trinajstić information content (AvgIpc) is 2.94. The molecule has 2 amide bonds. The van der Waals surface area contributed by atoms with Crippen molar-refractivity contribution in [3.8, 4) is 0 Å². The summed E-state index contributed by atoms with van der Waals surface area (Å²) in [4.78, 5) is 40.2. The van der Waals surface area contributed by atoms with Crippen molar-refractivity contribution in [2.24, 2.45) is 0 Å². The average molecular weight is 563 g/mol. The SMILES string of the molecule is CC[C@H]1CN(c2nc(N)c(C(=O)NCCO)nc2Cl)CCN1C1CCN(C(=O)c2cc(F)c(C)cc2N)CC1. The first-order valence-corrected chi connectivity index (χ1v) is 13.6. The molecule has 0 aliphatic carbocycles. The summed E-state index contributed by atoms with van der Waals surface area (Å²) in [6.07, 6.45) is 2.51. The van der Waals surface area contributed by atoms with Crippen LogP contribution in [-0.2, 0) is 0 Å². The lowest BCUT2D eigenvalue weighted by atomic mass is 9.97. The van der Waals surface area contributed by atoms with E-state index in [1.54, 1.807) is 11.8 Å². The Hall–Kier alpha value is -3.22. The second-order valence-electron chi connectivity index (χ2n) is 10.0. The van der Waals surface area contributed by atoms with E-state index in [1.165, 1.54) is 12.1 Å². The van der Waals surface area contributed by atoms with Crippen molar-refractivity contribution >= 4 is 40.7 Å². The highest BCUT2D eigenvalue weighted by molar-refractivity contribution is 6.32. The molecule has 0 saturated carbocycles. The van der Waals surface area contributed by atoms with Crippen LogP contribution in [0.2, 0.25) is 5.15 Å². The maximum absolute atomic E-state index is 14.1. The summed E-state index contributed by atoms with van der Waals surface area (Å²) >= 11 is 6.43. The van der Waals surface area contributed by atoms with Crippen LogP contribution in [0, 0.1) is 12.7 Å². The third kappa shape index (κ3) is 6.18. The zero-order chi connectivity index (χ0) is 28.3. The molecule has 0 bridgehead atoms. The highest BCUT2D eigenvalue weighted by atomic mass is 35.5. The van der Waals surface area contributed by atoms with Crippen LogP contribution in [-0.4, -0.2) is 94.6 Å². The quantitative estimate of drug-likeness (QED) is 0.369. The van der Waals surface area contributed by atoms with Crippen molar-refractivity contribution in [3.63, 3.8) is 0 Å². The van der Waals surface area contributed by atoms with Gasteiger partial charge in [0.2, 0.25) is 0 Å². The van der Waals surface area contributed by atoms with E-state index in [9.17, 15) is 14.0 Å². The van der Waals surface area contributed by atoms with Crippen LogP contribution in [0.25, 0.3) is 0 Å². The number of piperidine rings is 1. The van der Waals surface area contributed by atoms with Gasteiger partial charge in [-0.1, -0.05) is 18.5 Å². The second kappa shape index (κ2) is 12.3. The lowest BCUT2D eigenvalue weighted by molar-refractivity contribution is 0.0491. The van der Waals surface area contributed by atoms with E-state index in [1.807, 2.05) is 4.90 Å². The number of aliphatic hydroxyl groups is 1. The number of likely N-dealkylation sites (tertiary alicyclic amines) is 1. The number of carbonyl (C=O) groups is 2. The summed E-state index contributed by atoms with van der Waals surface area (Å²) in [7, 11) is 0. The molecule has 2 aliphatic heterocycles. The summed E-state index contributed by atoms with van der Waals surface area (Å²) in [5.74, 6) is -0.794. The van der Waals surface area contributed by atoms with Gasteiger partial charge in [0.25, 0.3) is 11.8 Å².